The summed E-state index contributed by atoms with van der Waals surface area (Å²) in [6.45, 7) is 1.83. The van der Waals surface area contributed by atoms with E-state index < -0.39 is 49.6 Å². The molecular weight excluding hydrogens is 574 g/mol. The smallest absolute Gasteiger partial charge is 0.313 e. The van der Waals surface area contributed by atoms with Gasteiger partial charge in [0.15, 0.2) is 0 Å². The molecule has 0 spiro atoms. The van der Waals surface area contributed by atoms with Gasteiger partial charge in [0.05, 0.1) is 0 Å². The third-order valence-electron chi connectivity index (χ3n) is 6.24. The average Bonchev–Trinajstić information content (AvgIpc) is 2.89. The van der Waals surface area contributed by atoms with E-state index in [2.05, 4.69) is 0 Å². The van der Waals surface area contributed by atoms with Gasteiger partial charge in [0.25, 0.3) is 0 Å². The van der Waals surface area contributed by atoms with Crippen LogP contribution in [0.25, 0.3) is 0 Å². The Labute approximate surface area is 224 Å². The number of hydrogen-bond donors (Lipinski definition) is 0. The van der Waals surface area contributed by atoms with Gasteiger partial charge in [-0.15, -0.1) is 11.8 Å². The normalized spacial score (nSPS) is 14.3. The van der Waals surface area contributed by atoms with Crippen molar-refractivity contribution in [2.24, 2.45) is 0 Å². The molecule has 0 saturated heterocycles. The molecule has 0 aromatic heterocycles. The summed E-state index contributed by atoms with van der Waals surface area (Å²) < 4.78 is 139. The van der Waals surface area contributed by atoms with E-state index in [0.29, 0.717) is 4.90 Å². The number of hydrogen-bond acceptors (Lipinski definition) is 2. The number of thioether (sulfide) groups is 1. The van der Waals surface area contributed by atoms with Crippen LogP contribution in [-0.4, -0.2) is 35.4 Å². The summed E-state index contributed by atoms with van der Waals surface area (Å²) in [5, 5.41) is -0.0218. The maximum absolute atomic E-state index is 15.0. The van der Waals surface area contributed by atoms with Crippen LogP contribution in [0.5, 0.6) is 0 Å². The Hall–Kier alpha value is -2.39. The molecule has 1 atom stereocenters. The van der Waals surface area contributed by atoms with Crippen molar-refractivity contribution in [2.75, 3.05) is 5.75 Å². The van der Waals surface area contributed by atoms with Crippen LogP contribution in [-0.2, 0) is 4.57 Å². The Bertz CT molecular complexity index is 1220. The Morgan fingerprint density at radius 3 is 1.59 bits per heavy atom. The standard InChI is InChI=1S/C27H24F9OPS/c1-19-12-14-23(15-13-19)39-17-16-22(18-24(28,29)25(30,31)26(32,33)27(34,35)36)38(37,20-8-4-2-5-9-20)21-10-6-3-7-11-21/h2-15,22H,16-18H2,1H3. The highest BCUT2D eigenvalue weighted by Gasteiger charge is 2.81. The zero-order valence-electron chi connectivity index (χ0n) is 20.4. The summed E-state index contributed by atoms with van der Waals surface area (Å²) in [5.41, 5.74) is -0.965. The number of alkyl halides is 9. The fraction of sp³-hybridized carbons (Fsp3) is 0.333. The minimum atomic E-state index is -7.02. The van der Waals surface area contributed by atoms with Crippen molar-refractivity contribution in [3.63, 3.8) is 0 Å². The van der Waals surface area contributed by atoms with Crippen molar-refractivity contribution in [1.82, 2.24) is 0 Å². The summed E-state index contributed by atoms with van der Waals surface area (Å²) in [5.74, 6) is -19.7. The number of rotatable bonds is 11. The second-order valence-corrected chi connectivity index (χ2v) is 13.2. The van der Waals surface area contributed by atoms with Gasteiger partial charge >= 0.3 is 23.9 Å². The van der Waals surface area contributed by atoms with Crippen molar-refractivity contribution in [3.05, 3.63) is 90.5 Å². The van der Waals surface area contributed by atoms with Crippen molar-refractivity contribution < 1.29 is 44.1 Å². The van der Waals surface area contributed by atoms with Crippen LogP contribution in [0.3, 0.4) is 0 Å². The molecule has 3 aromatic carbocycles. The third-order valence-corrected chi connectivity index (χ3v) is 10.9. The fourth-order valence-corrected chi connectivity index (χ4v) is 8.55. The minimum Gasteiger partial charge on any atom is -0.313 e. The molecule has 0 heterocycles. The molecule has 0 amide bonds. The molecule has 212 valence electrons. The largest absolute Gasteiger partial charge is 0.460 e. The number of benzene rings is 3. The molecule has 1 nitrogen and oxygen atoms in total. The van der Waals surface area contributed by atoms with Gasteiger partial charge in [-0.05, 0) is 31.2 Å². The van der Waals surface area contributed by atoms with Crippen molar-refractivity contribution in [2.45, 2.75) is 54.3 Å². The molecule has 3 aromatic rings. The molecule has 0 saturated carbocycles. The van der Waals surface area contributed by atoms with Gasteiger partial charge in [0.1, 0.15) is 7.14 Å². The molecule has 0 aliphatic carbocycles. The second kappa shape index (κ2) is 11.6. The summed E-state index contributed by atoms with van der Waals surface area (Å²) in [6, 6.07) is 21.1. The van der Waals surface area contributed by atoms with Gasteiger partial charge in [-0.25, -0.2) is 0 Å². The molecule has 0 aliphatic rings. The van der Waals surface area contributed by atoms with E-state index in [1.807, 2.05) is 6.92 Å². The van der Waals surface area contributed by atoms with E-state index >= 15 is 0 Å². The second-order valence-electron chi connectivity index (χ2n) is 8.99. The Balaban J connectivity index is 2.09. The van der Waals surface area contributed by atoms with Gasteiger partial charge in [0, 0.05) is 27.6 Å². The first kappa shape index (κ1) is 31.1. The van der Waals surface area contributed by atoms with Crippen LogP contribution in [0.1, 0.15) is 18.4 Å². The maximum atomic E-state index is 15.0. The van der Waals surface area contributed by atoms with Crippen LogP contribution < -0.4 is 10.6 Å². The van der Waals surface area contributed by atoms with E-state index in [4.69, 9.17) is 0 Å². The third kappa shape index (κ3) is 6.35. The Morgan fingerprint density at radius 1 is 0.692 bits per heavy atom. The molecule has 0 bridgehead atoms. The molecule has 0 radical (unpaired) electrons. The molecule has 3 rings (SSSR count). The molecule has 0 aliphatic heterocycles. The van der Waals surface area contributed by atoms with Crippen LogP contribution in [0.15, 0.2) is 89.8 Å². The van der Waals surface area contributed by atoms with E-state index in [1.165, 1.54) is 60.7 Å². The zero-order valence-corrected chi connectivity index (χ0v) is 22.2. The lowest BCUT2D eigenvalue weighted by Crippen LogP contribution is -2.61. The summed E-state index contributed by atoms with van der Waals surface area (Å²) in [7, 11) is -4.28. The van der Waals surface area contributed by atoms with E-state index in [1.54, 1.807) is 24.3 Å². The highest BCUT2D eigenvalue weighted by atomic mass is 32.2. The van der Waals surface area contributed by atoms with E-state index in [9.17, 15) is 44.1 Å². The molecule has 0 N–H and O–H groups in total. The molecule has 0 fully saturated rings. The SMILES string of the molecule is Cc1ccc(SCCC(CC(F)(F)C(F)(F)C(F)(F)C(F)(F)F)P(=O)(c2ccccc2)c2ccccc2)cc1. The summed E-state index contributed by atoms with van der Waals surface area (Å²) in [4.78, 5) is 0.675. The van der Waals surface area contributed by atoms with Crippen molar-refractivity contribution in [1.29, 1.82) is 0 Å². The van der Waals surface area contributed by atoms with Gasteiger partial charge < -0.3 is 4.57 Å². The summed E-state index contributed by atoms with van der Waals surface area (Å²) >= 11 is 1.13. The number of aryl methyl sites for hydroxylation is 1. The fourth-order valence-electron chi connectivity index (χ4n) is 4.06. The van der Waals surface area contributed by atoms with Crippen LogP contribution in [0, 0.1) is 6.92 Å². The highest BCUT2D eigenvalue weighted by molar-refractivity contribution is 7.99. The van der Waals surface area contributed by atoms with Crippen LogP contribution >= 0.6 is 18.9 Å². The topological polar surface area (TPSA) is 17.1 Å². The lowest BCUT2D eigenvalue weighted by Gasteiger charge is -2.37. The first-order valence-corrected chi connectivity index (χ1v) is 14.4. The van der Waals surface area contributed by atoms with Crippen molar-refractivity contribution >= 4 is 29.5 Å². The van der Waals surface area contributed by atoms with Gasteiger partial charge in [-0.2, -0.15) is 39.5 Å². The van der Waals surface area contributed by atoms with Gasteiger partial charge in [-0.1, -0.05) is 78.4 Å². The molecule has 1 unspecified atom stereocenters. The quantitative estimate of drug-likeness (QED) is 0.125. The molecular formula is C27H24F9OPS. The number of halogens is 9. The van der Waals surface area contributed by atoms with Gasteiger partial charge in [-0.3, -0.25) is 0 Å². The molecule has 12 heteroatoms. The Kier molecular flexibility index (Phi) is 9.27. The average molecular weight is 599 g/mol. The maximum Gasteiger partial charge on any atom is 0.460 e. The minimum absolute atomic E-state index is 0.0109. The predicted octanol–water partition coefficient (Wildman–Crippen LogP) is 8.72. The monoisotopic (exact) mass is 598 g/mol. The predicted molar refractivity (Wildman–Crippen MR) is 136 cm³/mol. The lowest BCUT2D eigenvalue weighted by molar-refractivity contribution is -0.396. The van der Waals surface area contributed by atoms with E-state index in [0.717, 1.165) is 17.3 Å². The van der Waals surface area contributed by atoms with Gasteiger partial charge in [0.2, 0.25) is 0 Å². The zero-order chi connectivity index (χ0) is 29.1. The Morgan fingerprint density at radius 2 is 1.15 bits per heavy atom. The lowest BCUT2D eigenvalue weighted by atomic mass is 9.98. The highest BCUT2D eigenvalue weighted by Crippen LogP contribution is 2.59. The molecule has 39 heavy (non-hydrogen) atoms. The van der Waals surface area contributed by atoms with Crippen LogP contribution in [0.4, 0.5) is 39.5 Å². The first-order chi connectivity index (χ1) is 18.0. The van der Waals surface area contributed by atoms with Crippen molar-refractivity contribution in [3.8, 4) is 0 Å². The van der Waals surface area contributed by atoms with E-state index in [-0.39, 0.29) is 16.4 Å². The van der Waals surface area contributed by atoms with Crippen LogP contribution in [0.2, 0.25) is 0 Å². The summed E-state index contributed by atoms with van der Waals surface area (Å²) in [6.07, 6.45) is -9.54. The first-order valence-electron chi connectivity index (χ1n) is 11.6.